The normalized spacial score (nSPS) is 13.8. The average Bonchev–Trinajstić information content (AvgIpc) is 3.30. The van der Waals surface area contributed by atoms with E-state index in [1.54, 1.807) is 18.3 Å². The Kier molecular flexibility index (Phi) is 5.10. The van der Waals surface area contributed by atoms with E-state index in [2.05, 4.69) is 19.9 Å². The van der Waals surface area contributed by atoms with Gasteiger partial charge in [-0.25, -0.2) is 9.78 Å². The molecule has 0 spiro atoms. The molecule has 0 saturated carbocycles. The highest BCUT2D eigenvalue weighted by molar-refractivity contribution is 7.15. The van der Waals surface area contributed by atoms with E-state index in [1.807, 2.05) is 12.1 Å². The third-order valence-electron chi connectivity index (χ3n) is 3.91. The zero-order chi connectivity index (χ0) is 16.9. The molecule has 24 heavy (non-hydrogen) atoms. The predicted octanol–water partition coefficient (Wildman–Crippen LogP) is 2.46. The molecule has 1 saturated heterocycles. The second-order valence-electron chi connectivity index (χ2n) is 5.55. The molecule has 2 aromatic rings. The van der Waals surface area contributed by atoms with Gasteiger partial charge in [0.05, 0.1) is 12.0 Å². The number of hydrogen-bond donors (Lipinski definition) is 1. The lowest BCUT2D eigenvalue weighted by molar-refractivity contribution is 0.0606. The van der Waals surface area contributed by atoms with Gasteiger partial charge in [-0.05, 0) is 42.7 Å². The largest absolute Gasteiger partial charge is 0.465 e. The van der Waals surface area contributed by atoms with E-state index < -0.39 is 5.97 Å². The highest BCUT2D eigenvalue weighted by atomic mass is 32.1. The maximum absolute atomic E-state index is 12.2. The van der Waals surface area contributed by atoms with Crippen molar-refractivity contribution in [3.05, 3.63) is 45.8 Å². The second kappa shape index (κ2) is 7.44. The minimum atomic E-state index is -0.427. The first-order valence-corrected chi connectivity index (χ1v) is 8.65. The van der Waals surface area contributed by atoms with E-state index in [9.17, 15) is 9.59 Å². The number of methoxy groups -OCH3 is 1. The summed E-state index contributed by atoms with van der Waals surface area (Å²) in [5.74, 6) is 0.335. The topological polar surface area (TPSA) is 71.5 Å². The molecule has 1 aliphatic heterocycles. The fraction of sp³-hybridized carbons (Fsp3) is 0.353. The Balaban J connectivity index is 1.61. The molecule has 1 amide bonds. The Morgan fingerprint density at radius 3 is 2.75 bits per heavy atom. The highest BCUT2D eigenvalue weighted by Gasteiger charge is 2.15. The summed E-state index contributed by atoms with van der Waals surface area (Å²) < 4.78 is 4.65. The van der Waals surface area contributed by atoms with Gasteiger partial charge in [-0.3, -0.25) is 4.79 Å². The molecule has 1 aliphatic rings. The summed E-state index contributed by atoms with van der Waals surface area (Å²) >= 11 is 1.13. The number of thiophene rings is 1. The van der Waals surface area contributed by atoms with Crippen molar-refractivity contribution in [2.45, 2.75) is 19.4 Å². The first kappa shape index (κ1) is 16.4. The number of rotatable bonds is 5. The second-order valence-corrected chi connectivity index (χ2v) is 6.64. The smallest absolute Gasteiger partial charge is 0.348 e. The molecule has 0 unspecified atom stereocenters. The van der Waals surface area contributed by atoms with Crippen LogP contribution in [0.5, 0.6) is 0 Å². The highest BCUT2D eigenvalue weighted by Crippen LogP contribution is 2.19. The van der Waals surface area contributed by atoms with E-state index in [4.69, 9.17) is 0 Å². The SMILES string of the molecule is COC(=O)c1ccc(C(=O)NCc2ccnc(N3CCCC3)c2)s1. The van der Waals surface area contributed by atoms with Crippen molar-refractivity contribution in [3.8, 4) is 0 Å². The summed E-state index contributed by atoms with van der Waals surface area (Å²) in [6.45, 7) is 2.50. The minimum absolute atomic E-state index is 0.199. The van der Waals surface area contributed by atoms with Crippen LogP contribution >= 0.6 is 11.3 Å². The van der Waals surface area contributed by atoms with Crippen LogP contribution in [0.15, 0.2) is 30.5 Å². The number of carbonyl (C=O) groups is 2. The number of pyridine rings is 1. The van der Waals surface area contributed by atoms with Crippen LogP contribution < -0.4 is 10.2 Å². The van der Waals surface area contributed by atoms with E-state index in [0.29, 0.717) is 16.3 Å². The number of nitrogens with zero attached hydrogens (tertiary/aromatic N) is 2. The van der Waals surface area contributed by atoms with Gasteiger partial charge >= 0.3 is 5.97 Å². The molecule has 1 fully saturated rings. The molecule has 0 aliphatic carbocycles. The molecule has 0 atom stereocenters. The Morgan fingerprint density at radius 2 is 2.00 bits per heavy atom. The number of ether oxygens (including phenoxy) is 1. The zero-order valence-corrected chi connectivity index (χ0v) is 14.3. The lowest BCUT2D eigenvalue weighted by Gasteiger charge is -2.16. The fourth-order valence-corrected chi connectivity index (χ4v) is 3.47. The zero-order valence-electron chi connectivity index (χ0n) is 13.4. The maximum Gasteiger partial charge on any atom is 0.348 e. The summed E-state index contributed by atoms with van der Waals surface area (Å²) in [5.41, 5.74) is 1.00. The van der Waals surface area contributed by atoms with Crippen molar-refractivity contribution < 1.29 is 14.3 Å². The van der Waals surface area contributed by atoms with Crippen LogP contribution in [0.4, 0.5) is 5.82 Å². The van der Waals surface area contributed by atoms with Gasteiger partial charge in [0.1, 0.15) is 10.7 Å². The van der Waals surface area contributed by atoms with Gasteiger partial charge < -0.3 is 15.0 Å². The summed E-state index contributed by atoms with van der Waals surface area (Å²) in [4.78, 5) is 31.2. The van der Waals surface area contributed by atoms with Gasteiger partial charge in [0, 0.05) is 25.8 Å². The predicted molar refractivity (Wildman–Crippen MR) is 92.5 cm³/mol. The number of nitrogens with one attached hydrogen (secondary N) is 1. The maximum atomic E-state index is 12.2. The van der Waals surface area contributed by atoms with E-state index in [0.717, 1.165) is 35.8 Å². The number of hydrogen-bond acceptors (Lipinski definition) is 6. The van der Waals surface area contributed by atoms with Crippen LogP contribution in [-0.2, 0) is 11.3 Å². The standard InChI is InChI=1S/C17H19N3O3S/c1-23-17(22)14-5-4-13(24-14)16(21)19-11-12-6-7-18-15(10-12)20-8-2-3-9-20/h4-7,10H,2-3,8-9,11H2,1H3,(H,19,21). The first-order chi connectivity index (χ1) is 11.7. The minimum Gasteiger partial charge on any atom is -0.465 e. The Labute approximate surface area is 144 Å². The monoisotopic (exact) mass is 345 g/mol. The molecule has 3 heterocycles. The van der Waals surface area contributed by atoms with Crippen molar-refractivity contribution in [3.63, 3.8) is 0 Å². The molecule has 126 valence electrons. The van der Waals surface area contributed by atoms with Crippen molar-refractivity contribution >= 4 is 29.0 Å². The van der Waals surface area contributed by atoms with Gasteiger partial charge in [0.2, 0.25) is 0 Å². The Morgan fingerprint density at radius 1 is 1.25 bits per heavy atom. The van der Waals surface area contributed by atoms with Crippen LogP contribution in [-0.4, -0.2) is 37.1 Å². The third kappa shape index (κ3) is 3.73. The van der Waals surface area contributed by atoms with Gasteiger partial charge in [-0.1, -0.05) is 0 Å². The number of aromatic nitrogens is 1. The van der Waals surface area contributed by atoms with Crippen LogP contribution in [0.2, 0.25) is 0 Å². The Hall–Kier alpha value is -2.41. The van der Waals surface area contributed by atoms with Crippen molar-refractivity contribution in [1.29, 1.82) is 0 Å². The molecule has 0 radical (unpaired) electrons. The number of amides is 1. The molecular weight excluding hydrogens is 326 g/mol. The molecular formula is C17H19N3O3S. The summed E-state index contributed by atoms with van der Waals surface area (Å²) in [6, 6.07) is 7.14. The number of anilines is 1. The summed E-state index contributed by atoms with van der Waals surface area (Å²) in [7, 11) is 1.32. The van der Waals surface area contributed by atoms with Crippen molar-refractivity contribution in [1.82, 2.24) is 10.3 Å². The average molecular weight is 345 g/mol. The number of esters is 1. The number of carbonyl (C=O) groups excluding carboxylic acids is 2. The van der Waals surface area contributed by atoms with Crippen molar-refractivity contribution in [2.75, 3.05) is 25.1 Å². The Bertz CT molecular complexity index is 738. The molecule has 0 aromatic carbocycles. The first-order valence-electron chi connectivity index (χ1n) is 7.83. The van der Waals surface area contributed by atoms with Gasteiger partial charge in [0.15, 0.2) is 0 Å². The lowest BCUT2D eigenvalue weighted by Crippen LogP contribution is -2.23. The van der Waals surface area contributed by atoms with Gasteiger partial charge in [-0.15, -0.1) is 11.3 Å². The van der Waals surface area contributed by atoms with Crippen LogP contribution in [0.1, 0.15) is 37.7 Å². The quantitative estimate of drug-likeness (QED) is 0.843. The van der Waals surface area contributed by atoms with Crippen LogP contribution in [0.25, 0.3) is 0 Å². The van der Waals surface area contributed by atoms with Gasteiger partial charge in [0.25, 0.3) is 5.91 Å². The van der Waals surface area contributed by atoms with E-state index in [-0.39, 0.29) is 5.91 Å². The third-order valence-corrected chi connectivity index (χ3v) is 4.97. The summed E-state index contributed by atoms with van der Waals surface area (Å²) in [6.07, 6.45) is 4.17. The molecule has 3 rings (SSSR count). The van der Waals surface area contributed by atoms with Crippen LogP contribution in [0, 0.1) is 0 Å². The molecule has 2 aromatic heterocycles. The van der Waals surface area contributed by atoms with Gasteiger partial charge in [-0.2, -0.15) is 0 Å². The molecule has 7 heteroatoms. The lowest BCUT2D eigenvalue weighted by atomic mass is 10.2. The molecule has 1 N–H and O–H groups in total. The van der Waals surface area contributed by atoms with Crippen LogP contribution in [0.3, 0.4) is 0 Å². The molecule has 0 bridgehead atoms. The molecule has 6 nitrogen and oxygen atoms in total. The van der Waals surface area contributed by atoms with Crippen molar-refractivity contribution in [2.24, 2.45) is 0 Å². The van der Waals surface area contributed by atoms with E-state index >= 15 is 0 Å². The fourth-order valence-electron chi connectivity index (χ4n) is 2.63. The van der Waals surface area contributed by atoms with E-state index in [1.165, 1.54) is 20.0 Å². The summed E-state index contributed by atoms with van der Waals surface area (Å²) in [5, 5.41) is 2.88.